The molecule has 1 heterocycles. The first-order valence-electron chi connectivity index (χ1n) is 4.93. The number of halogens is 1. The maximum atomic E-state index is 11.2. The molecule has 0 amide bonds. The van der Waals surface area contributed by atoms with Crippen molar-refractivity contribution >= 4 is 21.9 Å². The Bertz CT molecular complexity index is 332. The molecule has 1 unspecified atom stereocenters. The summed E-state index contributed by atoms with van der Waals surface area (Å²) in [6.45, 7) is 1.39. The van der Waals surface area contributed by atoms with E-state index < -0.39 is 0 Å². The van der Waals surface area contributed by atoms with Gasteiger partial charge in [0.1, 0.15) is 4.83 Å². The summed E-state index contributed by atoms with van der Waals surface area (Å²) < 4.78 is 4.64. The fraction of sp³-hybridized carbons (Fsp3) is 0.455. The number of hydrogen-bond donors (Lipinski definition) is 0. The second-order valence-corrected chi connectivity index (χ2v) is 4.65. The minimum Gasteiger partial charge on any atom is -0.468 e. The summed E-state index contributed by atoms with van der Waals surface area (Å²) >= 11 is 3.29. The van der Waals surface area contributed by atoms with Gasteiger partial charge in [0.25, 0.3) is 0 Å². The van der Waals surface area contributed by atoms with Gasteiger partial charge in [-0.05, 0) is 24.7 Å². The van der Waals surface area contributed by atoms with Crippen molar-refractivity contribution in [1.29, 1.82) is 0 Å². The molecule has 0 aliphatic heterocycles. The van der Waals surface area contributed by atoms with Gasteiger partial charge in [-0.25, -0.2) is 0 Å². The third kappa shape index (κ3) is 4.28. The minimum atomic E-state index is -0.288. The highest BCUT2D eigenvalue weighted by Gasteiger charge is 2.17. The van der Waals surface area contributed by atoms with Crippen LogP contribution in [-0.4, -0.2) is 41.4 Å². The molecule has 1 aromatic heterocycles. The van der Waals surface area contributed by atoms with Gasteiger partial charge in [-0.1, -0.05) is 15.9 Å². The standard InChI is InChI=1S/C11H15BrN2O2/c1-14(8-10(12)11(15)16-2)7-9-3-5-13-6-4-9/h3-6,10H,7-8H2,1-2H3. The highest BCUT2D eigenvalue weighted by Crippen LogP contribution is 2.07. The molecule has 1 rings (SSSR count). The Labute approximate surface area is 104 Å². The van der Waals surface area contributed by atoms with E-state index in [0.717, 1.165) is 6.54 Å². The first-order valence-corrected chi connectivity index (χ1v) is 5.84. The van der Waals surface area contributed by atoms with Crippen LogP contribution in [0.25, 0.3) is 0 Å². The van der Waals surface area contributed by atoms with E-state index in [2.05, 4.69) is 25.7 Å². The van der Waals surface area contributed by atoms with Crippen molar-refractivity contribution in [2.45, 2.75) is 11.4 Å². The Morgan fingerprint density at radius 3 is 2.75 bits per heavy atom. The van der Waals surface area contributed by atoms with Gasteiger partial charge in [0.15, 0.2) is 0 Å². The Morgan fingerprint density at radius 2 is 2.19 bits per heavy atom. The zero-order valence-electron chi connectivity index (χ0n) is 9.39. The molecule has 0 aromatic carbocycles. The monoisotopic (exact) mass is 286 g/mol. The molecular formula is C11H15BrN2O2. The van der Waals surface area contributed by atoms with Gasteiger partial charge >= 0.3 is 5.97 Å². The summed E-state index contributed by atoms with van der Waals surface area (Å²) in [4.78, 5) is 16.9. The van der Waals surface area contributed by atoms with Gasteiger partial charge in [-0.2, -0.15) is 0 Å². The van der Waals surface area contributed by atoms with Crippen LogP contribution in [0.5, 0.6) is 0 Å². The predicted octanol–water partition coefficient (Wildman–Crippen LogP) is 1.45. The summed E-state index contributed by atoms with van der Waals surface area (Å²) in [6, 6.07) is 3.91. The fourth-order valence-electron chi connectivity index (χ4n) is 1.34. The van der Waals surface area contributed by atoms with Gasteiger partial charge in [0.05, 0.1) is 7.11 Å². The van der Waals surface area contributed by atoms with E-state index >= 15 is 0 Å². The van der Waals surface area contributed by atoms with Crippen molar-refractivity contribution in [2.24, 2.45) is 0 Å². The summed E-state index contributed by atoms with van der Waals surface area (Å²) in [7, 11) is 3.34. The van der Waals surface area contributed by atoms with Gasteiger partial charge in [-0.3, -0.25) is 9.78 Å². The lowest BCUT2D eigenvalue weighted by Gasteiger charge is -2.18. The molecule has 4 nitrogen and oxygen atoms in total. The maximum absolute atomic E-state index is 11.2. The first kappa shape index (κ1) is 13.1. The van der Waals surface area contributed by atoms with Gasteiger partial charge in [0.2, 0.25) is 0 Å². The van der Waals surface area contributed by atoms with Crippen molar-refractivity contribution in [2.75, 3.05) is 20.7 Å². The van der Waals surface area contributed by atoms with Crippen LogP contribution in [0.2, 0.25) is 0 Å². The average Bonchev–Trinajstić information content (AvgIpc) is 2.29. The molecule has 0 bridgehead atoms. The number of methoxy groups -OCH3 is 1. The zero-order valence-corrected chi connectivity index (χ0v) is 11.0. The summed E-state index contributed by atoms with van der Waals surface area (Å²) in [6.07, 6.45) is 3.52. The van der Waals surface area contributed by atoms with Gasteiger partial charge in [0, 0.05) is 25.5 Å². The van der Waals surface area contributed by atoms with Crippen molar-refractivity contribution in [3.05, 3.63) is 30.1 Å². The highest BCUT2D eigenvalue weighted by atomic mass is 79.9. The van der Waals surface area contributed by atoms with Crippen molar-refractivity contribution in [1.82, 2.24) is 9.88 Å². The zero-order chi connectivity index (χ0) is 12.0. The van der Waals surface area contributed by atoms with Crippen LogP contribution in [0.4, 0.5) is 0 Å². The molecule has 5 heteroatoms. The SMILES string of the molecule is COC(=O)C(Br)CN(C)Cc1ccncc1. The molecule has 88 valence electrons. The first-order chi connectivity index (χ1) is 7.63. The Kier molecular flexibility index (Phi) is 5.42. The topological polar surface area (TPSA) is 42.4 Å². The molecular weight excluding hydrogens is 272 g/mol. The van der Waals surface area contributed by atoms with Crippen molar-refractivity contribution in [3.8, 4) is 0 Å². The largest absolute Gasteiger partial charge is 0.468 e. The van der Waals surface area contributed by atoms with E-state index in [-0.39, 0.29) is 10.8 Å². The number of ether oxygens (including phenoxy) is 1. The van der Waals surface area contributed by atoms with Crippen molar-refractivity contribution < 1.29 is 9.53 Å². The van der Waals surface area contributed by atoms with Crippen LogP contribution < -0.4 is 0 Å². The summed E-state index contributed by atoms with van der Waals surface area (Å²) in [5, 5.41) is 0. The average molecular weight is 287 g/mol. The molecule has 0 fully saturated rings. The lowest BCUT2D eigenvalue weighted by Crippen LogP contribution is -2.31. The van der Waals surface area contributed by atoms with Crippen molar-refractivity contribution in [3.63, 3.8) is 0 Å². The molecule has 0 aliphatic rings. The number of aromatic nitrogens is 1. The molecule has 16 heavy (non-hydrogen) atoms. The lowest BCUT2D eigenvalue weighted by atomic mass is 10.2. The number of pyridine rings is 1. The Hall–Kier alpha value is -0.940. The van der Waals surface area contributed by atoms with Gasteiger partial charge in [-0.15, -0.1) is 0 Å². The number of nitrogens with zero attached hydrogens (tertiary/aromatic N) is 2. The molecule has 0 aliphatic carbocycles. The predicted molar refractivity (Wildman–Crippen MR) is 65.3 cm³/mol. The Balaban J connectivity index is 2.42. The number of hydrogen-bond acceptors (Lipinski definition) is 4. The third-order valence-electron chi connectivity index (χ3n) is 2.13. The summed E-state index contributed by atoms with van der Waals surface area (Å²) in [5.41, 5.74) is 1.17. The second-order valence-electron chi connectivity index (χ2n) is 3.54. The Morgan fingerprint density at radius 1 is 1.56 bits per heavy atom. The maximum Gasteiger partial charge on any atom is 0.320 e. The third-order valence-corrected chi connectivity index (χ3v) is 2.79. The molecule has 0 spiro atoms. The van der Waals surface area contributed by atoms with Gasteiger partial charge < -0.3 is 9.64 Å². The number of carbonyl (C=O) groups excluding carboxylic acids is 1. The van der Waals surface area contributed by atoms with E-state index in [1.807, 2.05) is 24.1 Å². The van der Waals surface area contributed by atoms with E-state index in [1.165, 1.54) is 12.7 Å². The molecule has 1 aromatic rings. The van der Waals surface area contributed by atoms with Crippen LogP contribution in [-0.2, 0) is 16.1 Å². The highest BCUT2D eigenvalue weighted by molar-refractivity contribution is 9.10. The fourth-order valence-corrected chi connectivity index (χ4v) is 2.02. The van der Waals surface area contributed by atoms with Crippen LogP contribution in [0, 0.1) is 0 Å². The number of alkyl halides is 1. The molecule has 0 saturated carbocycles. The summed E-state index contributed by atoms with van der Waals surface area (Å²) in [5.74, 6) is -0.249. The number of rotatable bonds is 5. The smallest absolute Gasteiger partial charge is 0.320 e. The quantitative estimate of drug-likeness (QED) is 0.607. The molecule has 0 N–H and O–H groups in total. The van der Waals surface area contributed by atoms with Crippen LogP contribution in [0.15, 0.2) is 24.5 Å². The van der Waals surface area contributed by atoms with Crippen LogP contribution in [0.3, 0.4) is 0 Å². The second kappa shape index (κ2) is 6.60. The van der Waals surface area contributed by atoms with E-state index in [1.54, 1.807) is 12.4 Å². The van der Waals surface area contributed by atoms with Crippen LogP contribution in [0.1, 0.15) is 5.56 Å². The van der Waals surface area contributed by atoms with Crippen LogP contribution >= 0.6 is 15.9 Å². The minimum absolute atomic E-state index is 0.249. The van der Waals surface area contributed by atoms with E-state index in [9.17, 15) is 4.79 Å². The van der Waals surface area contributed by atoms with E-state index in [0.29, 0.717) is 6.54 Å². The number of esters is 1. The molecule has 0 saturated heterocycles. The normalized spacial score (nSPS) is 12.5. The number of carbonyl (C=O) groups is 1. The lowest BCUT2D eigenvalue weighted by molar-refractivity contribution is -0.140. The van der Waals surface area contributed by atoms with E-state index in [4.69, 9.17) is 0 Å². The molecule has 1 atom stereocenters. The molecule has 0 radical (unpaired) electrons.